The van der Waals surface area contributed by atoms with Gasteiger partial charge in [-0.15, -0.1) is 0 Å². The Morgan fingerprint density at radius 3 is 2.55 bits per heavy atom. The van der Waals surface area contributed by atoms with Crippen LogP contribution in [0, 0.1) is 0 Å². The second-order valence-corrected chi connectivity index (χ2v) is 4.72. The summed E-state index contributed by atoms with van der Waals surface area (Å²) in [4.78, 5) is 13.0. The molecule has 0 saturated carbocycles. The predicted octanol–water partition coefficient (Wildman–Crippen LogP) is 3.44. The first-order valence-corrected chi connectivity index (χ1v) is 6.24. The zero-order valence-electron chi connectivity index (χ0n) is 11.1. The van der Waals surface area contributed by atoms with Gasteiger partial charge in [0.15, 0.2) is 0 Å². The van der Waals surface area contributed by atoms with Crippen LogP contribution in [0.3, 0.4) is 0 Å². The third kappa shape index (κ3) is 5.02. The van der Waals surface area contributed by atoms with Crippen molar-refractivity contribution in [3.63, 3.8) is 0 Å². The molecule has 7 heteroatoms. The molecule has 1 aromatic rings. The molecule has 0 unspecified atom stereocenters. The van der Waals surface area contributed by atoms with E-state index >= 15 is 0 Å². The summed E-state index contributed by atoms with van der Waals surface area (Å²) >= 11 is 6.01. The van der Waals surface area contributed by atoms with E-state index in [1.807, 2.05) is 0 Å². The van der Waals surface area contributed by atoms with Crippen LogP contribution in [0.4, 0.5) is 13.2 Å². The number of ether oxygens (including phenoxy) is 1. The van der Waals surface area contributed by atoms with Crippen molar-refractivity contribution in [1.82, 2.24) is 4.90 Å². The Morgan fingerprint density at radius 1 is 1.40 bits per heavy atom. The van der Waals surface area contributed by atoms with Gasteiger partial charge in [0.2, 0.25) is 5.91 Å². The van der Waals surface area contributed by atoms with Gasteiger partial charge in [0.1, 0.15) is 13.2 Å². The van der Waals surface area contributed by atoms with Crippen molar-refractivity contribution in [2.75, 3.05) is 20.3 Å². The van der Waals surface area contributed by atoms with E-state index in [-0.39, 0.29) is 6.04 Å². The van der Waals surface area contributed by atoms with Crippen molar-refractivity contribution in [3.8, 4) is 0 Å². The summed E-state index contributed by atoms with van der Waals surface area (Å²) in [6, 6.07) is 6.62. The highest BCUT2D eigenvalue weighted by Gasteiger charge is 2.28. The second-order valence-electron chi connectivity index (χ2n) is 4.31. The number of alkyl halides is 3. The van der Waals surface area contributed by atoms with Gasteiger partial charge in [-0.3, -0.25) is 4.79 Å². The molecule has 3 nitrogen and oxygen atoms in total. The molecule has 0 heterocycles. The van der Waals surface area contributed by atoms with Crippen LogP contribution in [0.15, 0.2) is 24.3 Å². The molecular formula is C13H15ClF3NO2. The van der Waals surface area contributed by atoms with Crippen molar-refractivity contribution in [1.29, 1.82) is 0 Å². The maximum Gasteiger partial charge on any atom is 0.411 e. The topological polar surface area (TPSA) is 29.5 Å². The van der Waals surface area contributed by atoms with Crippen molar-refractivity contribution in [3.05, 3.63) is 34.9 Å². The van der Waals surface area contributed by atoms with Gasteiger partial charge in [-0.2, -0.15) is 13.2 Å². The highest BCUT2D eigenvalue weighted by Crippen LogP contribution is 2.26. The fraction of sp³-hybridized carbons (Fsp3) is 0.462. The average molecular weight is 310 g/mol. The number of hydrogen-bond donors (Lipinski definition) is 0. The summed E-state index contributed by atoms with van der Waals surface area (Å²) in [5.41, 5.74) is 0.723. The van der Waals surface area contributed by atoms with Gasteiger partial charge in [0.25, 0.3) is 0 Å². The van der Waals surface area contributed by atoms with Crippen LogP contribution < -0.4 is 0 Å². The standard InChI is InChI=1S/C13H15ClF3NO2/c1-9(10-5-3-4-6-11(10)14)18(2)12(19)7-20-8-13(15,16)17/h3-6,9H,7-8H2,1-2H3/t9-/m1/s1. The number of hydrogen-bond acceptors (Lipinski definition) is 2. The molecule has 0 spiro atoms. The summed E-state index contributed by atoms with van der Waals surface area (Å²) in [6.07, 6.45) is -4.44. The van der Waals surface area contributed by atoms with E-state index in [4.69, 9.17) is 11.6 Å². The Labute approximate surface area is 120 Å². The molecule has 0 aliphatic heterocycles. The summed E-state index contributed by atoms with van der Waals surface area (Å²) in [6.45, 7) is -0.319. The largest absolute Gasteiger partial charge is 0.411 e. The fourth-order valence-electron chi connectivity index (χ4n) is 1.59. The van der Waals surface area contributed by atoms with Gasteiger partial charge < -0.3 is 9.64 Å². The number of carbonyl (C=O) groups excluding carboxylic acids is 1. The molecule has 1 rings (SSSR count). The number of nitrogens with zero attached hydrogens (tertiary/aromatic N) is 1. The molecular weight excluding hydrogens is 295 g/mol. The lowest BCUT2D eigenvalue weighted by Crippen LogP contribution is -2.34. The summed E-state index contributed by atoms with van der Waals surface area (Å²) in [5, 5.41) is 0.496. The van der Waals surface area contributed by atoms with Crippen LogP contribution in [-0.4, -0.2) is 37.2 Å². The van der Waals surface area contributed by atoms with E-state index in [9.17, 15) is 18.0 Å². The highest BCUT2D eigenvalue weighted by atomic mass is 35.5. The van der Waals surface area contributed by atoms with Crippen LogP contribution in [0.1, 0.15) is 18.5 Å². The minimum Gasteiger partial charge on any atom is -0.362 e. The number of amides is 1. The van der Waals surface area contributed by atoms with E-state index in [1.54, 1.807) is 31.2 Å². The normalized spacial score (nSPS) is 13.1. The van der Waals surface area contributed by atoms with Crippen LogP contribution in [0.25, 0.3) is 0 Å². The van der Waals surface area contributed by atoms with Crippen LogP contribution in [0.2, 0.25) is 5.02 Å². The Balaban J connectivity index is 2.59. The maximum atomic E-state index is 11.9. The minimum absolute atomic E-state index is 0.356. The zero-order valence-corrected chi connectivity index (χ0v) is 11.8. The quantitative estimate of drug-likeness (QED) is 0.834. The lowest BCUT2D eigenvalue weighted by Gasteiger charge is -2.26. The predicted molar refractivity (Wildman–Crippen MR) is 69.5 cm³/mol. The highest BCUT2D eigenvalue weighted by molar-refractivity contribution is 6.31. The molecule has 0 aromatic heterocycles. The van der Waals surface area contributed by atoms with Gasteiger partial charge in [-0.25, -0.2) is 0 Å². The van der Waals surface area contributed by atoms with Gasteiger partial charge in [-0.05, 0) is 18.6 Å². The molecule has 0 N–H and O–H groups in total. The summed E-state index contributed by atoms with van der Waals surface area (Å²) < 4.78 is 40.1. The molecule has 0 aliphatic rings. The Bertz CT molecular complexity index is 465. The molecule has 0 aliphatic carbocycles. The monoisotopic (exact) mass is 309 g/mol. The first kappa shape index (κ1) is 16.8. The number of benzene rings is 1. The smallest absolute Gasteiger partial charge is 0.362 e. The van der Waals surface area contributed by atoms with Crippen LogP contribution in [0.5, 0.6) is 0 Å². The average Bonchev–Trinajstić information content (AvgIpc) is 2.36. The van der Waals surface area contributed by atoms with E-state index in [2.05, 4.69) is 4.74 Å². The van der Waals surface area contributed by atoms with E-state index in [1.165, 1.54) is 11.9 Å². The van der Waals surface area contributed by atoms with Crippen molar-refractivity contribution >= 4 is 17.5 Å². The molecule has 0 saturated heterocycles. The molecule has 0 radical (unpaired) electrons. The molecule has 1 atom stereocenters. The van der Waals surface area contributed by atoms with Crippen LogP contribution >= 0.6 is 11.6 Å². The van der Waals surface area contributed by atoms with Gasteiger partial charge in [0.05, 0.1) is 6.04 Å². The second kappa shape index (κ2) is 6.95. The lowest BCUT2D eigenvalue weighted by molar-refractivity contribution is -0.178. The fourth-order valence-corrected chi connectivity index (χ4v) is 1.89. The molecule has 0 fully saturated rings. The Hall–Kier alpha value is -1.27. The van der Waals surface area contributed by atoms with Crippen molar-refractivity contribution in [2.45, 2.75) is 19.1 Å². The number of likely N-dealkylation sites (N-methyl/N-ethyl adjacent to an activating group) is 1. The summed E-state index contributed by atoms with van der Waals surface area (Å²) in [7, 11) is 1.49. The maximum absolute atomic E-state index is 11.9. The Morgan fingerprint density at radius 2 is 2.00 bits per heavy atom. The van der Waals surface area contributed by atoms with E-state index in [0.717, 1.165) is 5.56 Å². The van der Waals surface area contributed by atoms with Gasteiger partial charge >= 0.3 is 6.18 Å². The molecule has 112 valence electrons. The Kier molecular flexibility index (Phi) is 5.83. The number of rotatable bonds is 5. The van der Waals surface area contributed by atoms with Crippen molar-refractivity contribution < 1.29 is 22.7 Å². The lowest BCUT2D eigenvalue weighted by atomic mass is 10.1. The molecule has 1 aromatic carbocycles. The molecule has 20 heavy (non-hydrogen) atoms. The van der Waals surface area contributed by atoms with Gasteiger partial charge in [-0.1, -0.05) is 29.8 Å². The number of carbonyl (C=O) groups is 1. The van der Waals surface area contributed by atoms with Crippen molar-refractivity contribution in [2.24, 2.45) is 0 Å². The van der Waals surface area contributed by atoms with Crippen LogP contribution in [-0.2, 0) is 9.53 Å². The first-order valence-electron chi connectivity index (χ1n) is 5.87. The molecule has 1 amide bonds. The third-order valence-electron chi connectivity index (χ3n) is 2.82. The van der Waals surface area contributed by atoms with E-state index in [0.29, 0.717) is 5.02 Å². The van der Waals surface area contributed by atoms with Gasteiger partial charge in [0, 0.05) is 12.1 Å². The minimum atomic E-state index is -4.44. The van der Waals surface area contributed by atoms with E-state index < -0.39 is 25.3 Å². The number of halogens is 4. The summed E-state index contributed by atoms with van der Waals surface area (Å²) in [5.74, 6) is -0.540. The SMILES string of the molecule is C[C@H](c1ccccc1Cl)N(C)C(=O)COCC(F)(F)F. The molecule has 0 bridgehead atoms. The third-order valence-corrected chi connectivity index (χ3v) is 3.17. The first-order chi connectivity index (χ1) is 9.22. The zero-order chi connectivity index (χ0) is 15.3.